The summed E-state index contributed by atoms with van der Waals surface area (Å²) in [5.74, 6) is -0.0962. The van der Waals surface area contributed by atoms with E-state index in [2.05, 4.69) is 0 Å². The minimum atomic E-state index is -1.13. The van der Waals surface area contributed by atoms with Crippen molar-refractivity contribution in [2.24, 2.45) is 0 Å². The molecule has 1 N–H and O–H groups in total. The van der Waals surface area contributed by atoms with Gasteiger partial charge in [-0.15, -0.1) is 0 Å². The van der Waals surface area contributed by atoms with E-state index >= 15 is 0 Å². The summed E-state index contributed by atoms with van der Waals surface area (Å²) in [6.07, 6.45) is 1.22. The van der Waals surface area contributed by atoms with Crippen LogP contribution in [0.3, 0.4) is 0 Å². The molecule has 0 fully saturated rings. The van der Waals surface area contributed by atoms with Gasteiger partial charge in [-0.05, 0) is 30.3 Å². The van der Waals surface area contributed by atoms with Gasteiger partial charge in [0.15, 0.2) is 0 Å². The largest absolute Gasteiger partial charge is 0.493 e. The van der Waals surface area contributed by atoms with Gasteiger partial charge in [0.1, 0.15) is 23.3 Å². The van der Waals surface area contributed by atoms with Crippen LogP contribution in [0.15, 0.2) is 48.5 Å². The van der Waals surface area contributed by atoms with Gasteiger partial charge in [-0.25, -0.2) is 4.79 Å². The molecule has 0 heterocycles. The topological polar surface area (TPSA) is 72.8 Å². The molecule has 0 aliphatic heterocycles. The molecule has 0 atom stereocenters. The molecule has 5 heteroatoms. The summed E-state index contributed by atoms with van der Waals surface area (Å²) in [5.41, 5.74) is 0.283. The van der Waals surface area contributed by atoms with Gasteiger partial charge in [-0.3, -0.25) is 4.79 Å². The first-order valence-electron chi connectivity index (χ1n) is 6.84. The van der Waals surface area contributed by atoms with Gasteiger partial charge in [0, 0.05) is 12.0 Å². The summed E-state index contributed by atoms with van der Waals surface area (Å²) in [5, 5.41) is 9.12. The van der Waals surface area contributed by atoms with Gasteiger partial charge in [-0.2, -0.15) is 0 Å². The van der Waals surface area contributed by atoms with Crippen LogP contribution >= 0.6 is 0 Å². The molecule has 0 amide bonds. The van der Waals surface area contributed by atoms with Gasteiger partial charge in [0.25, 0.3) is 0 Å². The number of carboxylic acid groups (broad SMARTS) is 1. The molecule has 0 bridgehead atoms. The molecule has 0 aliphatic rings. The van der Waals surface area contributed by atoms with Gasteiger partial charge in [0.2, 0.25) is 0 Å². The van der Waals surface area contributed by atoms with E-state index in [0.29, 0.717) is 31.5 Å². The van der Waals surface area contributed by atoms with E-state index in [1.54, 1.807) is 0 Å². The van der Waals surface area contributed by atoms with Crippen LogP contribution in [-0.4, -0.2) is 30.6 Å². The number of rotatable bonds is 8. The molecule has 0 unspecified atom stereocenters. The van der Waals surface area contributed by atoms with Crippen molar-refractivity contribution in [2.75, 3.05) is 13.2 Å². The smallest absolute Gasteiger partial charge is 0.339 e. The Hall–Kier alpha value is -2.82. The molecule has 2 aromatic rings. The van der Waals surface area contributed by atoms with Crippen molar-refractivity contribution >= 4 is 12.3 Å². The van der Waals surface area contributed by atoms with Crippen LogP contribution in [0.25, 0.3) is 0 Å². The lowest BCUT2D eigenvalue weighted by atomic mass is 10.1. The number of hydrogen-bond donors (Lipinski definition) is 1. The summed E-state index contributed by atoms with van der Waals surface area (Å²) < 4.78 is 11.0. The fourth-order valence-electron chi connectivity index (χ4n) is 1.86. The second-order valence-electron chi connectivity index (χ2n) is 4.54. The number of carboxylic acids is 1. The van der Waals surface area contributed by atoms with Gasteiger partial charge in [-0.1, -0.05) is 18.2 Å². The molecular formula is C17H16O5. The Labute approximate surface area is 128 Å². The normalized spacial score (nSPS) is 10.0. The number of carbonyl (C=O) groups is 2. The molecule has 0 saturated heterocycles. The van der Waals surface area contributed by atoms with E-state index in [-0.39, 0.29) is 11.3 Å². The van der Waals surface area contributed by atoms with Gasteiger partial charge >= 0.3 is 5.97 Å². The predicted molar refractivity (Wildman–Crippen MR) is 80.8 cm³/mol. The Kier molecular flexibility index (Phi) is 5.54. The summed E-state index contributed by atoms with van der Waals surface area (Å²) >= 11 is 0. The second-order valence-corrected chi connectivity index (χ2v) is 4.54. The van der Waals surface area contributed by atoms with E-state index in [9.17, 15) is 9.59 Å². The third kappa shape index (κ3) is 4.34. The number of aldehydes is 1. The number of aromatic carboxylic acids is 1. The second kappa shape index (κ2) is 7.83. The van der Waals surface area contributed by atoms with E-state index < -0.39 is 5.97 Å². The first kappa shape index (κ1) is 15.6. The first-order valence-corrected chi connectivity index (χ1v) is 6.84. The van der Waals surface area contributed by atoms with Crippen molar-refractivity contribution in [1.82, 2.24) is 0 Å². The maximum Gasteiger partial charge on any atom is 0.339 e. The molecule has 5 nitrogen and oxygen atoms in total. The summed E-state index contributed by atoms with van der Waals surface area (Å²) in [6, 6.07) is 13.7. The molecule has 0 spiro atoms. The van der Waals surface area contributed by atoms with E-state index in [1.807, 2.05) is 30.3 Å². The Balaban J connectivity index is 1.84. The minimum absolute atomic E-state index is 0.0198. The fourth-order valence-corrected chi connectivity index (χ4v) is 1.86. The first-order chi connectivity index (χ1) is 10.7. The van der Waals surface area contributed by atoms with Crippen LogP contribution in [0.4, 0.5) is 0 Å². The van der Waals surface area contributed by atoms with Gasteiger partial charge in [0.05, 0.1) is 13.2 Å². The highest BCUT2D eigenvalue weighted by Crippen LogP contribution is 2.20. The Morgan fingerprint density at radius 3 is 2.45 bits per heavy atom. The van der Waals surface area contributed by atoms with Crippen LogP contribution in [0.5, 0.6) is 11.5 Å². The zero-order chi connectivity index (χ0) is 15.8. The summed E-state index contributed by atoms with van der Waals surface area (Å²) in [4.78, 5) is 21.8. The molecule has 0 aliphatic carbocycles. The molecule has 0 radical (unpaired) electrons. The highest BCUT2D eigenvalue weighted by atomic mass is 16.5. The zero-order valence-electron chi connectivity index (χ0n) is 11.9. The van der Waals surface area contributed by atoms with E-state index in [0.717, 1.165) is 5.75 Å². The molecule has 0 aromatic heterocycles. The highest BCUT2D eigenvalue weighted by Gasteiger charge is 2.12. The lowest BCUT2D eigenvalue weighted by Crippen LogP contribution is -2.08. The monoisotopic (exact) mass is 300 g/mol. The van der Waals surface area contributed by atoms with Crippen molar-refractivity contribution in [1.29, 1.82) is 0 Å². The lowest BCUT2D eigenvalue weighted by molar-refractivity contribution is 0.0692. The third-order valence-electron chi connectivity index (χ3n) is 2.93. The molecule has 2 aromatic carbocycles. The zero-order valence-corrected chi connectivity index (χ0v) is 11.9. The SMILES string of the molecule is O=Cc1ccc(OCCCOc2ccccc2)c(C(=O)O)c1. The van der Waals surface area contributed by atoms with Crippen LogP contribution in [0.2, 0.25) is 0 Å². The quantitative estimate of drug-likeness (QED) is 0.599. The van der Waals surface area contributed by atoms with E-state index in [1.165, 1.54) is 18.2 Å². The third-order valence-corrected chi connectivity index (χ3v) is 2.93. The molecule has 0 saturated carbocycles. The molecule has 22 heavy (non-hydrogen) atoms. The summed E-state index contributed by atoms with van der Waals surface area (Å²) in [6.45, 7) is 0.798. The Morgan fingerprint density at radius 1 is 1.05 bits per heavy atom. The number of benzene rings is 2. The van der Waals surface area contributed by atoms with Crippen molar-refractivity contribution < 1.29 is 24.2 Å². The van der Waals surface area contributed by atoms with Crippen LogP contribution < -0.4 is 9.47 Å². The minimum Gasteiger partial charge on any atom is -0.493 e. The van der Waals surface area contributed by atoms with Crippen LogP contribution in [-0.2, 0) is 0 Å². The molecular weight excluding hydrogens is 284 g/mol. The van der Waals surface area contributed by atoms with Crippen molar-refractivity contribution in [3.8, 4) is 11.5 Å². The predicted octanol–water partition coefficient (Wildman–Crippen LogP) is 3.05. The maximum absolute atomic E-state index is 11.1. The number of para-hydroxylation sites is 1. The average molecular weight is 300 g/mol. The number of ether oxygens (including phenoxy) is 2. The molecule has 2 rings (SSSR count). The van der Waals surface area contributed by atoms with Crippen molar-refractivity contribution in [2.45, 2.75) is 6.42 Å². The number of carbonyl (C=O) groups excluding carboxylic acids is 1. The summed E-state index contributed by atoms with van der Waals surface area (Å²) in [7, 11) is 0. The maximum atomic E-state index is 11.1. The molecule has 114 valence electrons. The highest BCUT2D eigenvalue weighted by molar-refractivity contribution is 5.93. The van der Waals surface area contributed by atoms with Crippen molar-refractivity contribution in [3.05, 3.63) is 59.7 Å². The van der Waals surface area contributed by atoms with Gasteiger partial charge < -0.3 is 14.6 Å². The van der Waals surface area contributed by atoms with Crippen molar-refractivity contribution in [3.63, 3.8) is 0 Å². The van der Waals surface area contributed by atoms with Crippen LogP contribution in [0.1, 0.15) is 27.1 Å². The lowest BCUT2D eigenvalue weighted by Gasteiger charge is -2.10. The standard InChI is InChI=1S/C17H16O5/c18-12-13-7-8-16(15(11-13)17(19)20)22-10-4-9-21-14-5-2-1-3-6-14/h1-3,5-8,11-12H,4,9-10H2,(H,19,20). The Bertz CT molecular complexity index is 637. The Morgan fingerprint density at radius 2 is 1.77 bits per heavy atom. The van der Waals surface area contributed by atoms with E-state index in [4.69, 9.17) is 14.6 Å². The number of hydrogen-bond acceptors (Lipinski definition) is 4. The fraction of sp³-hybridized carbons (Fsp3) is 0.176. The van der Waals surface area contributed by atoms with Crippen LogP contribution in [0, 0.1) is 0 Å². The average Bonchev–Trinajstić information content (AvgIpc) is 2.55.